The van der Waals surface area contributed by atoms with Gasteiger partial charge in [0.25, 0.3) is 0 Å². The first-order valence-corrected chi connectivity index (χ1v) is 7.09. The first-order valence-electron chi connectivity index (χ1n) is 6.29. The number of carbonyl (C=O) groups is 2. The lowest BCUT2D eigenvalue weighted by Gasteiger charge is -2.39. The second-order valence-electron chi connectivity index (χ2n) is 5.02. The zero-order valence-corrected chi connectivity index (χ0v) is 12.7. The van der Waals surface area contributed by atoms with E-state index in [-0.39, 0.29) is 18.4 Å². The Balaban J connectivity index is 2.17. The maximum Gasteiger partial charge on any atom is 0.248 e. The van der Waals surface area contributed by atoms with E-state index in [4.69, 9.17) is 0 Å². The van der Waals surface area contributed by atoms with E-state index >= 15 is 0 Å². The molecular formula is C14H17BrN2O2. The summed E-state index contributed by atoms with van der Waals surface area (Å²) >= 11 is 3.38. The van der Waals surface area contributed by atoms with Crippen LogP contribution in [-0.4, -0.2) is 28.8 Å². The SMILES string of the molecule is CCC1(C)NC(=O)CN(Cc2ccc(Br)cc2)C1=O. The minimum atomic E-state index is -0.773. The molecule has 4 nitrogen and oxygen atoms in total. The van der Waals surface area contributed by atoms with Gasteiger partial charge < -0.3 is 10.2 Å². The molecule has 1 N–H and O–H groups in total. The summed E-state index contributed by atoms with van der Waals surface area (Å²) in [5.74, 6) is -0.112. The number of rotatable bonds is 3. The molecule has 1 aromatic carbocycles. The van der Waals surface area contributed by atoms with Gasteiger partial charge in [0.15, 0.2) is 0 Å². The number of piperazine rings is 1. The van der Waals surface area contributed by atoms with E-state index in [1.807, 2.05) is 31.2 Å². The van der Waals surface area contributed by atoms with Crippen LogP contribution >= 0.6 is 15.9 Å². The van der Waals surface area contributed by atoms with Gasteiger partial charge in [-0.25, -0.2) is 0 Å². The molecular weight excluding hydrogens is 308 g/mol. The highest BCUT2D eigenvalue weighted by atomic mass is 79.9. The van der Waals surface area contributed by atoms with E-state index in [1.165, 1.54) is 0 Å². The van der Waals surface area contributed by atoms with E-state index < -0.39 is 5.54 Å². The van der Waals surface area contributed by atoms with Crippen LogP contribution in [0.1, 0.15) is 25.8 Å². The number of carbonyl (C=O) groups excluding carboxylic acids is 2. The van der Waals surface area contributed by atoms with Crippen LogP contribution in [0.3, 0.4) is 0 Å². The number of halogens is 1. The molecule has 1 aromatic rings. The van der Waals surface area contributed by atoms with Crippen molar-refractivity contribution in [3.05, 3.63) is 34.3 Å². The van der Waals surface area contributed by atoms with Crippen LogP contribution in [0.2, 0.25) is 0 Å². The van der Waals surface area contributed by atoms with Crippen LogP contribution < -0.4 is 5.32 Å². The monoisotopic (exact) mass is 324 g/mol. The summed E-state index contributed by atoms with van der Waals surface area (Å²) in [4.78, 5) is 25.7. The summed E-state index contributed by atoms with van der Waals surface area (Å²) < 4.78 is 0.998. The van der Waals surface area contributed by atoms with Crippen molar-refractivity contribution in [3.8, 4) is 0 Å². The zero-order chi connectivity index (χ0) is 14.0. The van der Waals surface area contributed by atoms with E-state index in [1.54, 1.807) is 11.8 Å². The molecule has 1 fully saturated rings. The highest BCUT2D eigenvalue weighted by Crippen LogP contribution is 2.20. The molecule has 19 heavy (non-hydrogen) atoms. The molecule has 1 heterocycles. The first-order chi connectivity index (χ1) is 8.94. The standard InChI is InChI=1S/C14H17BrN2O2/c1-3-14(2)13(19)17(9-12(18)16-14)8-10-4-6-11(15)7-5-10/h4-7H,3,8-9H2,1-2H3,(H,16,18). The molecule has 0 saturated carbocycles. The molecule has 1 unspecified atom stereocenters. The third kappa shape index (κ3) is 2.97. The lowest BCUT2D eigenvalue weighted by molar-refractivity contribution is -0.149. The molecule has 0 aromatic heterocycles. The number of hydrogen-bond acceptors (Lipinski definition) is 2. The normalized spacial score (nSPS) is 23.4. The second kappa shape index (κ2) is 5.33. The van der Waals surface area contributed by atoms with Gasteiger partial charge in [-0.2, -0.15) is 0 Å². The van der Waals surface area contributed by atoms with E-state index in [9.17, 15) is 9.59 Å². The smallest absolute Gasteiger partial charge is 0.248 e. The maximum absolute atomic E-state index is 12.4. The number of nitrogens with one attached hydrogen (secondary N) is 1. The first kappa shape index (κ1) is 14.1. The Hall–Kier alpha value is -1.36. The van der Waals surface area contributed by atoms with Crippen molar-refractivity contribution in [2.45, 2.75) is 32.4 Å². The van der Waals surface area contributed by atoms with Crippen molar-refractivity contribution in [1.82, 2.24) is 10.2 Å². The molecule has 0 spiro atoms. The van der Waals surface area contributed by atoms with Gasteiger partial charge in [-0.3, -0.25) is 9.59 Å². The molecule has 1 aliphatic heterocycles. The molecule has 5 heteroatoms. The fraction of sp³-hybridized carbons (Fsp3) is 0.429. The fourth-order valence-corrected chi connectivity index (χ4v) is 2.44. The minimum absolute atomic E-state index is 0.0162. The summed E-state index contributed by atoms with van der Waals surface area (Å²) in [5, 5.41) is 2.78. The highest BCUT2D eigenvalue weighted by molar-refractivity contribution is 9.10. The van der Waals surface area contributed by atoms with Crippen LogP contribution in [0, 0.1) is 0 Å². The van der Waals surface area contributed by atoms with Gasteiger partial charge in [0.1, 0.15) is 5.54 Å². The number of amides is 2. The van der Waals surface area contributed by atoms with Crippen LogP contribution in [0.25, 0.3) is 0 Å². The number of hydrogen-bond donors (Lipinski definition) is 1. The third-order valence-electron chi connectivity index (χ3n) is 3.50. The van der Waals surface area contributed by atoms with Crippen molar-refractivity contribution in [2.24, 2.45) is 0 Å². The molecule has 1 aliphatic rings. The van der Waals surface area contributed by atoms with Gasteiger partial charge >= 0.3 is 0 Å². The summed E-state index contributed by atoms with van der Waals surface area (Å²) in [6.45, 7) is 4.28. The molecule has 102 valence electrons. The predicted octanol–water partition coefficient (Wildman–Crippen LogP) is 2.08. The molecule has 2 rings (SSSR count). The van der Waals surface area contributed by atoms with Gasteiger partial charge in [0.2, 0.25) is 11.8 Å². The Labute approximate surface area is 121 Å². The molecule has 0 aliphatic carbocycles. The topological polar surface area (TPSA) is 49.4 Å². The predicted molar refractivity (Wildman–Crippen MR) is 76.4 cm³/mol. The average molecular weight is 325 g/mol. The van der Waals surface area contributed by atoms with Gasteiger partial charge in [0.05, 0.1) is 6.54 Å². The van der Waals surface area contributed by atoms with Crippen molar-refractivity contribution >= 4 is 27.7 Å². The van der Waals surface area contributed by atoms with Crippen LogP contribution in [-0.2, 0) is 16.1 Å². The summed E-state index contributed by atoms with van der Waals surface area (Å²) in [5.41, 5.74) is 0.245. The highest BCUT2D eigenvalue weighted by Gasteiger charge is 2.41. The quantitative estimate of drug-likeness (QED) is 0.925. The Bertz CT molecular complexity index is 501. The van der Waals surface area contributed by atoms with Crippen molar-refractivity contribution < 1.29 is 9.59 Å². The minimum Gasteiger partial charge on any atom is -0.340 e. The van der Waals surface area contributed by atoms with Crippen LogP contribution in [0.15, 0.2) is 28.7 Å². The number of benzene rings is 1. The van der Waals surface area contributed by atoms with E-state index in [0.29, 0.717) is 13.0 Å². The summed E-state index contributed by atoms with van der Waals surface area (Å²) in [7, 11) is 0. The largest absolute Gasteiger partial charge is 0.340 e. The Morgan fingerprint density at radius 2 is 1.95 bits per heavy atom. The maximum atomic E-state index is 12.4. The lowest BCUT2D eigenvalue weighted by Crippen LogP contribution is -2.64. The van der Waals surface area contributed by atoms with Crippen LogP contribution in [0.4, 0.5) is 0 Å². The van der Waals surface area contributed by atoms with E-state index in [0.717, 1.165) is 10.0 Å². The zero-order valence-electron chi connectivity index (χ0n) is 11.1. The van der Waals surface area contributed by atoms with Gasteiger partial charge in [-0.1, -0.05) is 35.0 Å². The van der Waals surface area contributed by atoms with Gasteiger partial charge in [-0.15, -0.1) is 0 Å². The fourth-order valence-electron chi connectivity index (χ4n) is 2.17. The van der Waals surface area contributed by atoms with Crippen molar-refractivity contribution in [3.63, 3.8) is 0 Å². The molecule has 2 amide bonds. The molecule has 0 radical (unpaired) electrons. The Kier molecular flexibility index (Phi) is 3.94. The van der Waals surface area contributed by atoms with Crippen molar-refractivity contribution in [1.29, 1.82) is 0 Å². The third-order valence-corrected chi connectivity index (χ3v) is 4.03. The summed E-state index contributed by atoms with van der Waals surface area (Å²) in [6, 6.07) is 7.77. The van der Waals surface area contributed by atoms with E-state index in [2.05, 4.69) is 21.2 Å². The Morgan fingerprint density at radius 1 is 1.32 bits per heavy atom. The molecule has 1 saturated heterocycles. The second-order valence-corrected chi connectivity index (χ2v) is 5.94. The lowest BCUT2D eigenvalue weighted by atomic mass is 9.94. The molecule has 0 bridgehead atoms. The van der Waals surface area contributed by atoms with Gasteiger partial charge in [-0.05, 0) is 31.0 Å². The van der Waals surface area contributed by atoms with Crippen molar-refractivity contribution in [2.75, 3.05) is 6.54 Å². The van der Waals surface area contributed by atoms with Gasteiger partial charge in [0, 0.05) is 11.0 Å². The summed E-state index contributed by atoms with van der Waals surface area (Å²) in [6.07, 6.45) is 0.592. The number of nitrogens with zero attached hydrogens (tertiary/aromatic N) is 1. The van der Waals surface area contributed by atoms with Crippen LogP contribution in [0.5, 0.6) is 0 Å². The average Bonchev–Trinajstić information content (AvgIpc) is 2.38. The Morgan fingerprint density at radius 3 is 2.53 bits per heavy atom. The molecule has 1 atom stereocenters.